The average molecular weight is 161 g/mol. The van der Waals surface area contributed by atoms with Crippen molar-refractivity contribution in [1.29, 1.82) is 0 Å². The van der Waals surface area contributed by atoms with Gasteiger partial charge in [0, 0.05) is 31.2 Å². The second kappa shape index (κ2) is 3.96. The van der Waals surface area contributed by atoms with Crippen molar-refractivity contribution >= 4 is 11.6 Å². The molecular formula is C7H13ClN2. The minimum Gasteiger partial charge on any atom is -0.329 e. The first kappa shape index (κ1) is 8.05. The summed E-state index contributed by atoms with van der Waals surface area (Å²) in [6, 6.07) is 0.605. The van der Waals surface area contributed by atoms with Crippen molar-refractivity contribution < 1.29 is 0 Å². The molecule has 10 heavy (non-hydrogen) atoms. The Labute approximate surface area is 66.6 Å². The Hall–Kier alpha value is -0.0500. The molecule has 0 aromatic rings. The third-order valence-corrected chi connectivity index (χ3v) is 2.15. The Morgan fingerprint density at radius 2 is 2.50 bits per heavy atom. The SMILES string of the molecule is NCC1CCN1C/C=C/Cl. The lowest BCUT2D eigenvalue weighted by molar-refractivity contribution is 0.113. The Kier molecular flexibility index (Phi) is 3.19. The monoisotopic (exact) mass is 160 g/mol. The van der Waals surface area contributed by atoms with E-state index in [1.165, 1.54) is 13.0 Å². The zero-order valence-electron chi connectivity index (χ0n) is 5.96. The molecule has 0 saturated carbocycles. The molecule has 58 valence electrons. The Balaban J connectivity index is 2.16. The summed E-state index contributed by atoms with van der Waals surface area (Å²) in [5.41, 5.74) is 7.06. The molecule has 0 radical (unpaired) electrons. The zero-order valence-corrected chi connectivity index (χ0v) is 6.72. The molecule has 2 N–H and O–H groups in total. The van der Waals surface area contributed by atoms with E-state index in [4.69, 9.17) is 17.3 Å². The second-order valence-electron chi connectivity index (χ2n) is 2.53. The maximum absolute atomic E-state index is 5.50. The van der Waals surface area contributed by atoms with Crippen molar-refractivity contribution in [2.45, 2.75) is 12.5 Å². The van der Waals surface area contributed by atoms with Gasteiger partial charge in [-0.1, -0.05) is 17.7 Å². The highest BCUT2D eigenvalue weighted by Crippen LogP contribution is 2.14. The van der Waals surface area contributed by atoms with E-state index in [2.05, 4.69) is 4.90 Å². The summed E-state index contributed by atoms with van der Waals surface area (Å²) in [6.07, 6.45) is 3.19. The number of likely N-dealkylation sites (tertiary alicyclic amines) is 1. The molecule has 1 rings (SSSR count). The number of nitrogens with two attached hydrogens (primary N) is 1. The first-order valence-corrected chi connectivity index (χ1v) is 4.01. The van der Waals surface area contributed by atoms with Crippen molar-refractivity contribution in [2.24, 2.45) is 5.73 Å². The highest BCUT2D eigenvalue weighted by atomic mass is 35.5. The highest BCUT2D eigenvalue weighted by molar-refractivity contribution is 6.25. The van der Waals surface area contributed by atoms with E-state index in [1.807, 2.05) is 6.08 Å². The number of rotatable bonds is 3. The molecule has 1 aliphatic rings. The number of halogens is 1. The minimum atomic E-state index is 0.605. The molecule has 1 unspecified atom stereocenters. The van der Waals surface area contributed by atoms with Gasteiger partial charge in [-0.3, -0.25) is 4.90 Å². The first-order valence-electron chi connectivity index (χ1n) is 3.58. The molecule has 1 heterocycles. The van der Waals surface area contributed by atoms with Crippen molar-refractivity contribution in [1.82, 2.24) is 4.90 Å². The quantitative estimate of drug-likeness (QED) is 0.661. The molecule has 2 nitrogen and oxygen atoms in total. The lowest BCUT2D eigenvalue weighted by Gasteiger charge is -2.39. The van der Waals surface area contributed by atoms with Crippen molar-refractivity contribution in [3.63, 3.8) is 0 Å². The summed E-state index contributed by atoms with van der Waals surface area (Å²) in [5.74, 6) is 0. The van der Waals surface area contributed by atoms with Gasteiger partial charge in [-0.15, -0.1) is 0 Å². The molecule has 0 bridgehead atoms. The van der Waals surface area contributed by atoms with Gasteiger partial charge in [-0.05, 0) is 6.42 Å². The van der Waals surface area contributed by atoms with Crippen molar-refractivity contribution in [3.8, 4) is 0 Å². The molecule has 1 fully saturated rings. The van der Waals surface area contributed by atoms with Crippen LogP contribution in [-0.4, -0.2) is 30.6 Å². The van der Waals surface area contributed by atoms with Gasteiger partial charge >= 0.3 is 0 Å². The summed E-state index contributed by atoms with van der Waals surface area (Å²) >= 11 is 5.38. The van der Waals surface area contributed by atoms with E-state index < -0.39 is 0 Å². The van der Waals surface area contributed by atoms with Crippen molar-refractivity contribution in [2.75, 3.05) is 19.6 Å². The van der Waals surface area contributed by atoms with E-state index in [9.17, 15) is 0 Å². The Bertz CT molecular complexity index is 123. The van der Waals surface area contributed by atoms with E-state index >= 15 is 0 Å². The van der Waals surface area contributed by atoms with Crippen molar-refractivity contribution in [3.05, 3.63) is 11.6 Å². The minimum absolute atomic E-state index is 0.605. The van der Waals surface area contributed by atoms with E-state index in [0.29, 0.717) is 6.04 Å². The summed E-state index contributed by atoms with van der Waals surface area (Å²) in [6.45, 7) is 2.89. The molecule has 0 aliphatic carbocycles. The fourth-order valence-corrected chi connectivity index (χ4v) is 1.26. The van der Waals surface area contributed by atoms with Gasteiger partial charge in [0.25, 0.3) is 0 Å². The topological polar surface area (TPSA) is 29.3 Å². The molecule has 0 spiro atoms. The lowest BCUT2D eigenvalue weighted by Crippen LogP contribution is -2.51. The Morgan fingerprint density at radius 3 is 2.90 bits per heavy atom. The third-order valence-electron chi connectivity index (χ3n) is 1.97. The third kappa shape index (κ3) is 1.72. The van der Waals surface area contributed by atoms with Gasteiger partial charge in [0.05, 0.1) is 0 Å². The lowest BCUT2D eigenvalue weighted by atomic mass is 10.0. The van der Waals surface area contributed by atoms with Gasteiger partial charge in [0.1, 0.15) is 0 Å². The largest absolute Gasteiger partial charge is 0.329 e. The first-order chi connectivity index (χ1) is 4.88. The smallest absolute Gasteiger partial charge is 0.0233 e. The molecular weight excluding hydrogens is 148 g/mol. The molecule has 1 aliphatic heterocycles. The van der Waals surface area contributed by atoms with Crippen LogP contribution in [0.5, 0.6) is 0 Å². The predicted molar refractivity (Wildman–Crippen MR) is 44.0 cm³/mol. The normalized spacial score (nSPS) is 27.2. The van der Waals surface area contributed by atoms with Gasteiger partial charge < -0.3 is 5.73 Å². The summed E-state index contributed by atoms with van der Waals surface area (Å²) in [7, 11) is 0. The molecule has 3 heteroatoms. The van der Waals surface area contributed by atoms with Crippen LogP contribution in [0, 0.1) is 0 Å². The fourth-order valence-electron chi connectivity index (χ4n) is 1.18. The average Bonchev–Trinajstić information content (AvgIpc) is 1.88. The number of nitrogens with zero attached hydrogens (tertiary/aromatic N) is 1. The predicted octanol–water partition coefficient (Wildman–Crippen LogP) is 0.772. The zero-order chi connectivity index (χ0) is 7.40. The van der Waals surface area contributed by atoms with Crippen LogP contribution in [-0.2, 0) is 0 Å². The van der Waals surface area contributed by atoms with Crippen LogP contribution in [0.1, 0.15) is 6.42 Å². The molecule has 0 amide bonds. The molecule has 0 aromatic heterocycles. The maximum Gasteiger partial charge on any atom is 0.0233 e. The fraction of sp³-hybridized carbons (Fsp3) is 0.714. The number of hydrogen-bond acceptors (Lipinski definition) is 2. The second-order valence-corrected chi connectivity index (χ2v) is 2.79. The molecule has 1 atom stereocenters. The van der Waals surface area contributed by atoms with Crippen LogP contribution in [0.25, 0.3) is 0 Å². The van der Waals surface area contributed by atoms with Crippen LogP contribution in [0.15, 0.2) is 11.6 Å². The van der Waals surface area contributed by atoms with E-state index in [-0.39, 0.29) is 0 Å². The van der Waals surface area contributed by atoms with Gasteiger partial charge in [0.15, 0.2) is 0 Å². The standard InChI is InChI=1S/C7H13ClN2/c8-3-1-4-10-5-2-7(10)6-9/h1,3,7H,2,4-6,9H2/b3-1+. The highest BCUT2D eigenvalue weighted by Gasteiger charge is 2.24. The number of hydrogen-bond donors (Lipinski definition) is 1. The van der Waals surface area contributed by atoms with Crippen LogP contribution < -0.4 is 5.73 Å². The molecule has 1 saturated heterocycles. The van der Waals surface area contributed by atoms with Gasteiger partial charge in [0.2, 0.25) is 0 Å². The van der Waals surface area contributed by atoms with Crippen LogP contribution in [0.3, 0.4) is 0 Å². The van der Waals surface area contributed by atoms with Crippen LogP contribution >= 0.6 is 11.6 Å². The Morgan fingerprint density at radius 1 is 1.70 bits per heavy atom. The van der Waals surface area contributed by atoms with Crippen LogP contribution in [0.4, 0.5) is 0 Å². The summed E-state index contributed by atoms with van der Waals surface area (Å²) in [4.78, 5) is 2.32. The maximum atomic E-state index is 5.50. The van der Waals surface area contributed by atoms with E-state index in [0.717, 1.165) is 13.1 Å². The molecule has 0 aromatic carbocycles. The van der Waals surface area contributed by atoms with Gasteiger partial charge in [-0.2, -0.15) is 0 Å². The van der Waals surface area contributed by atoms with E-state index in [1.54, 1.807) is 5.54 Å². The van der Waals surface area contributed by atoms with Gasteiger partial charge in [-0.25, -0.2) is 0 Å². The van der Waals surface area contributed by atoms with Crippen LogP contribution in [0.2, 0.25) is 0 Å². The summed E-state index contributed by atoms with van der Waals surface area (Å²) < 4.78 is 0. The summed E-state index contributed by atoms with van der Waals surface area (Å²) in [5, 5.41) is 0.